The maximum absolute atomic E-state index is 4.52. The number of aromatic nitrogens is 3. The van der Waals surface area contributed by atoms with Crippen molar-refractivity contribution in [3.05, 3.63) is 47.5 Å². The summed E-state index contributed by atoms with van der Waals surface area (Å²) in [5, 5.41) is 8.03. The highest BCUT2D eigenvalue weighted by atomic mass is 15.3. The molecule has 4 nitrogen and oxygen atoms in total. The Labute approximate surface area is 114 Å². The molecule has 0 aliphatic heterocycles. The van der Waals surface area contributed by atoms with Crippen molar-refractivity contribution in [3.8, 4) is 0 Å². The van der Waals surface area contributed by atoms with Gasteiger partial charge in [0.15, 0.2) is 0 Å². The third kappa shape index (κ3) is 3.41. The van der Waals surface area contributed by atoms with E-state index in [0.717, 1.165) is 12.2 Å². The van der Waals surface area contributed by atoms with E-state index in [9.17, 15) is 0 Å². The number of rotatable bonds is 5. The highest BCUT2D eigenvalue weighted by Gasteiger charge is 2.12. The SMILES string of the molecule is CC(C)c1nn(C)cc1CNC(C)c1ccccn1. The number of aryl methyl sites for hydroxylation is 1. The molecule has 0 bridgehead atoms. The predicted molar refractivity (Wildman–Crippen MR) is 76.8 cm³/mol. The lowest BCUT2D eigenvalue weighted by atomic mass is 10.1. The van der Waals surface area contributed by atoms with E-state index in [1.54, 1.807) is 0 Å². The maximum Gasteiger partial charge on any atom is 0.0694 e. The van der Waals surface area contributed by atoms with Gasteiger partial charge in [0.05, 0.1) is 11.4 Å². The molecular weight excluding hydrogens is 236 g/mol. The van der Waals surface area contributed by atoms with Crippen molar-refractivity contribution in [2.24, 2.45) is 7.05 Å². The van der Waals surface area contributed by atoms with E-state index in [2.05, 4.69) is 42.4 Å². The molecule has 102 valence electrons. The summed E-state index contributed by atoms with van der Waals surface area (Å²) in [5.41, 5.74) is 3.50. The zero-order chi connectivity index (χ0) is 13.8. The molecule has 0 fully saturated rings. The Morgan fingerprint density at radius 1 is 1.26 bits per heavy atom. The van der Waals surface area contributed by atoms with E-state index in [-0.39, 0.29) is 6.04 Å². The smallest absolute Gasteiger partial charge is 0.0694 e. The number of pyridine rings is 1. The Bertz CT molecular complexity index is 516. The van der Waals surface area contributed by atoms with Crippen LogP contribution in [0.2, 0.25) is 0 Å². The molecule has 0 amide bonds. The van der Waals surface area contributed by atoms with E-state index in [4.69, 9.17) is 0 Å². The molecule has 0 saturated carbocycles. The minimum absolute atomic E-state index is 0.237. The second kappa shape index (κ2) is 5.97. The average Bonchev–Trinajstić information content (AvgIpc) is 2.78. The van der Waals surface area contributed by atoms with Crippen LogP contribution in [0.3, 0.4) is 0 Å². The second-order valence-corrected chi connectivity index (χ2v) is 5.23. The Morgan fingerprint density at radius 2 is 2.05 bits per heavy atom. The molecule has 0 spiro atoms. The molecule has 1 N–H and O–H groups in total. The summed E-state index contributed by atoms with van der Waals surface area (Å²) in [6.07, 6.45) is 3.92. The minimum atomic E-state index is 0.237. The number of nitrogens with one attached hydrogen (secondary N) is 1. The van der Waals surface area contributed by atoms with Crippen LogP contribution in [-0.4, -0.2) is 14.8 Å². The summed E-state index contributed by atoms with van der Waals surface area (Å²) in [6, 6.07) is 6.24. The molecule has 2 aromatic rings. The van der Waals surface area contributed by atoms with Crippen LogP contribution >= 0.6 is 0 Å². The van der Waals surface area contributed by atoms with Gasteiger partial charge in [0, 0.05) is 37.6 Å². The summed E-state index contributed by atoms with van der Waals surface area (Å²) >= 11 is 0. The lowest BCUT2D eigenvalue weighted by Gasteiger charge is -2.13. The van der Waals surface area contributed by atoms with E-state index in [0.29, 0.717) is 5.92 Å². The minimum Gasteiger partial charge on any atom is -0.305 e. The molecule has 0 aromatic carbocycles. The Hall–Kier alpha value is -1.68. The molecule has 19 heavy (non-hydrogen) atoms. The van der Waals surface area contributed by atoms with Gasteiger partial charge in [0.2, 0.25) is 0 Å². The number of nitrogens with zero attached hydrogens (tertiary/aromatic N) is 3. The van der Waals surface area contributed by atoms with Gasteiger partial charge in [-0.1, -0.05) is 19.9 Å². The van der Waals surface area contributed by atoms with Crippen molar-refractivity contribution < 1.29 is 0 Å². The van der Waals surface area contributed by atoms with Gasteiger partial charge in [-0.05, 0) is 25.0 Å². The first-order valence-electron chi connectivity index (χ1n) is 6.74. The topological polar surface area (TPSA) is 42.7 Å². The maximum atomic E-state index is 4.52. The summed E-state index contributed by atoms with van der Waals surface area (Å²) in [4.78, 5) is 4.37. The Kier molecular flexibility index (Phi) is 4.32. The first-order chi connectivity index (χ1) is 9.08. The highest BCUT2D eigenvalue weighted by Crippen LogP contribution is 2.18. The van der Waals surface area contributed by atoms with E-state index in [1.807, 2.05) is 36.1 Å². The van der Waals surface area contributed by atoms with Gasteiger partial charge in [0.1, 0.15) is 0 Å². The number of hydrogen-bond acceptors (Lipinski definition) is 3. The summed E-state index contributed by atoms with van der Waals surface area (Å²) in [6.45, 7) is 7.30. The van der Waals surface area contributed by atoms with Crippen LogP contribution < -0.4 is 5.32 Å². The largest absolute Gasteiger partial charge is 0.305 e. The van der Waals surface area contributed by atoms with Gasteiger partial charge in [-0.25, -0.2) is 0 Å². The molecular formula is C15H22N4. The standard InChI is InChI=1S/C15H22N4/c1-11(2)15-13(10-19(4)18-15)9-17-12(3)14-7-5-6-8-16-14/h5-8,10-12,17H,9H2,1-4H3. The fraction of sp³-hybridized carbons (Fsp3) is 0.467. The fourth-order valence-corrected chi connectivity index (χ4v) is 2.18. The second-order valence-electron chi connectivity index (χ2n) is 5.23. The van der Waals surface area contributed by atoms with Crippen molar-refractivity contribution in [1.29, 1.82) is 0 Å². The first kappa shape index (κ1) is 13.7. The molecule has 1 unspecified atom stereocenters. The van der Waals surface area contributed by atoms with Crippen LogP contribution in [0.5, 0.6) is 0 Å². The van der Waals surface area contributed by atoms with Gasteiger partial charge in [-0.2, -0.15) is 5.10 Å². The van der Waals surface area contributed by atoms with Crippen LogP contribution in [0.15, 0.2) is 30.6 Å². The zero-order valence-electron chi connectivity index (χ0n) is 12.1. The zero-order valence-corrected chi connectivity index (χ0v) is 12.1. The van der Waals surface area contributed by atoms with Gasteiger partial charge in [-0.15, -0.1) is 0 Å². The van der Waals surface area contributed by atoms with Gasteiger partial charge in [0.25, 0.3) is 0 Å². The van der Waals surface area contributed by atoms with Crippen LogP contribution in [0, 0.1) is 0 Å². The monoisotopic (exact) mass is 258 g/mol. The van der Waals surface area contributed by atoms with Crippen LogP contribution in [0.4, 0.5) is 0 Å². The lowest BCUT2D eigenvalue weighted by molar-refractivity contribution is 0.558. The molecule has 0 aliphatic rings. The Balaban J connectivity index is 2.03. The van der Waals surface area contributed by atoms with E-state index in [1.165, 1.54) is 11.3 Å². The van der Waals surface area contributed by atoms with E-state index < -0.39 is 0 Å². The van der Waals surface area contributed by atoms with Crippen LogP contribution in [0.25, 0.3) is 0 Å². The third-order valence-corrected chi connectivity index (χ3v) is 3.21. The van der Waals surface area contributed by atoms with E-state index >= 15 is 0 Å². The molecule has 1 atom stereocenters. The number of hydrogen-bond donors (Lipinski definition) is 1. The van der Waals surface area contributed by atoms with Crippen molar-refractivity contribution in [3.63, 3.8) is 0 Å². The lowest BCUT2D eigenvalue weighted by Crippen LogP contribution is -2.19. The molecule has 2 aromatic heterocycles. The van der Waals surface area contributed by atoms with Crippen LogP contribution in [0.1, 0.15) is 49.7 Å². The summed E-state index contributed by atoms with van der Waals surface area (Å²) in [5.74, 6) is 0.447. The first-order valence-corrected chi connectivity index (χ1v) is 6.74. The highest BCUT2D eigenvalue weighted by molar-refractivity contribution is 5.20. The molecule has 2 heterocycles. The molecule has 2 rings (SSSR count). The Morgan fingerprint density at radius 3 is 2.68 bits per heavy atom. The van der Waals surface area contributed by atoms with Crippen molar-refractivity contribution in [2.75, 3.05) is 0 Å². The molecule has 4 heteroatoms. The van der Waals surface area contributed by atoms with Crippen LogP contribution in [-0.2, 0) is 13.6 Å². The van der Waals surface area contributed by atoms with Crippen molar-refractivity contribution in [2.45, 2.75) is 39.3 Å². The molecule has 0 saturated heterocycles. The molecule has 0 radical (unpaired) electrons. The summed E-state index contributed by atoms with van der Waals surface area (Å²) < 4.78 is 1.89. The van der Waals surface area contributed by atoms with Gasteiger partial charge >= 0.3 is 0 Å². The average molecular weight is 258 g/mol. The third-order valence-electron chi connectivity index (χ3n) is 3.21. The van der Waals surface area contributed by atoms with Crippen molar-refractivity contribution in [1.82, 2.24) is 20.1 Å². The molecule has 0 aliphatic carbocycles. The quantitative estimate of drug-likeness (QED) is 0.896. The summed E-state index contributed by atoms with van der Waals surface area (Å²) in [7, 11) is 1.97. The predicted octanol–water partition coefficient (Wildman–Crippen LogP) is 2.79. The van der Waals surface area contributed by atoms with Crippen molar-refractivity contribution >= 4 is 0 Å². The van der Waals surface area contributed by atoms with Gasteiger partial charge < -0.3 is 5.32 Å². The van der Waals surface area contributed by atoms with Gasteiger partial charge in [-0.3, -0.25) is 9.67 Å². The normalized spacial score (nSPS) is 12.9. The fourth-order valence-electron chi connectivity index (χ4n) is 2.18.